The van der Waals surface area contributed by atoms with Gasteiger partial charge < -0.3 is 13.8 Å². The third-order valence-corrected chi connectivity index (χ3v) is 4.25. The molecule has 0 unspecified atom stereocenters. The van der Waals surface area contributed by atoms with E-state index in [-0.39, 0.29) is 18.1 Å². The van der Waals surface area contributed by atoms with Crippen LogP contribution >= 0.6 is 0 Å². The first-order valence-electron chi connectivity index (χ1n) is 8.17. The van der Waals surface area contributed by atoms with Gasteiger partial charge in [0.1, 0.15) is 12.4 Å². The first-order chi connectivity index (χ1) is 11.1. The highest BCUT2D eigenvalue weighted by atomic mass is 16.5. The lowest BCUT2D eigenvalue weighted by Crippen LogP contribution is -2.40. The fraction of sp³-hybridized carbons (Fsp3) is 0.733. The molecule has 0 spiro atoms. The molecule has 0 amide bonds. The molecule has 3 heterocycles. The van der Waals surface area contributed by atoms with Crippen LogP contribution in [0.5, 0.6) is 0 Å². The van der Waals surface area contributed by atoms with E-state index in [1.807, 2.05) is 4.57 Å². The van der Waals surface area contributed by atoms with Crippen molar-refractivity contribution < 1.29 is 9.26 Å². The normalized spacial score (nSPS) is 21.0. The Balaban J connectivity index is 1.72. The number of ether oxygens (including phenoxy) is 1. The molecule has 2 atom stereocenters. The Bertz CT molecular complexity index is 637. The molecule has 8 heteroatoms. The molecule has 2 aromatic rings. The van der Waals surface area contributed by atoms with Gasteiger partial charge in [-0.3, -0.25) is 4.90 Å². The second-order valence-corrected chi connectivity index (χ2v) is 6.15. The molecule has 0 bridgehead atoms. The summed E-state index contributed by atoms with van der Waals surface area (Å²) in [4.78, 5) is 6.81. The second-order valence-electron chi connectivity index (χ2n) is 6.15. The molecule has 1 saturated heterocycles. The first-order valence-corrected chi connectivity index (χ1v) is 8.17. The number of aryl methyl sites for hydroxylation is 1. The Morgan fingerprint density at radius 3 is 2.87 bits per heavy atom. The second kappa shape index (κ2) is 6.76. The largest absolute Gasteiger partial charge is 0.368 e. The molecule has 1 aliphatic heterocycles. The summed E-state index contributed by atoms with van der Waals surface area (Å²) >= 11 is 0. The Morgan fingerprint density at radius 1 is 1.35 bits per heavy atom. The summed E-state index contributed by atoms with van der Waals surface area (Å²) in [5, 5.41) is 12.3. The number of morpholine rings is 1. The minimum atomic E-state index is -0.0823. The van der Waals surface area contributed by atoms with Crippen LogP contribution < -0.4 is 0 Å². The predicted octanol–water partition coefficient (Wildman–Crippen LogP) is 1.94. The van der Waals surface area contributed by atoms with Gasteiger partial charge in [-0.05, 0) is 13.8 Å². The summed E-state index contributed by atoms with van der Waals surface area (Å²) in [6.07, 6.45) is 1.66. The molecule has 8 nitrogen and oxygen atoms in total. The SMILES string of the molecule is CCn1cnnc1[C@H]1CN([C@H](C)c2nc(C(C)C)no2)CCO1. The fourth-order valence-electron chi connectivity index (χ4n) is 2.74. The quantitative estimate of drug-likeness (QED) is 0.832. The van der Waals surface area contributed by atoms with Gasteiger partial charge in [-0.25, -0.2) is 0 Å². The van der Waals surface area contributed by atoms with Crippen molar-refractivity contribution in [2.24, 2.45) is 0 Å². The van der Waals surface area contributed by atoms with Crippen LogP contribution in [0.25, 0.3) is 0 Å². The molecule has 0 aliphatic carbocycles. The van der Waals surface area contributed by atoms with E-state index in [2.05, 4.69) is 52.9 Å². The monoisotopic (exact) mass is 320 g/mol. The van der Waals surface area contributed by atoms with Crippen molar-refractivity contribution >= 4 is 0 Å². The van der Waals surface area contributed by atoms with Crippen molar-refractivity contribution in [1.29, 1.82) is 0 Å². The predicted molar refractivity (Wildman–Crippen MR) is 82.8 cm³/mol. The van der Waals surface area contributed by atoms with Crippen LogP contribution in [-0.4, -0.2) is 49.5 Å². The van der Waals surface area contributed by atoms with Crippen LogP contribution in [0.2, 0.25) is 0 Å². The topological polar surface area (TPSA) is 82.1 Å². The Kier molecular flexibility index (Phi) is 4.72. The van der Waals surface area contributed by atoms with Crippen LogP contribution in [0.15, 0.2) is 10.9 Å². The van der Waals surface area contributed by atoms with E-state index >= 15 is 0 Å². The van der Waals surface area contributed by atoms with E-state index in [1.54, 1.807) is 6.33 Å². The number of hydrogen-bond acceptors (Lipinski definition) is 7. The average molecular weight is 320 g/mol. The molecule has 1 fully saturated rings. The third kappa shape index (κ3) is 3.28. The zero-order valence-electron chi connectivity index (χ0n) is 14.1. The minimum absolute atomic E-state index is 0.0550. The van der Waals surface area contributed by atoms with Crippen molar-refractivity contribution in [3.8, 4) is 0 Å². The molecule has 0 aromatic carbocycles. The third-order valence-electron chi connectivity index (χ3n) is 4.25. The molecule has 0 N–H and O–H groups in total. The van der Waals surface area contributed by atoms with Crippen molar-refractivity contribution in [2.45, 2.75) is 52.3 Å². The molecule has 126 valence electrons. The molecule has 3 rings (SSSR count). The summed E-state index contributed by atoms with van der Waals surface area (Å²) in [6.45, 7) is 11.3. The van der Waals surface area contributed by atoms with Crippen LogP contribution in [0.3, 0.4) is 0 Å². The average Bonchev–Trinajstić information content (AvgIpc) is 3.23. The standard InChI is InChI=1S/C15H24N6O2/c1-5-20-9-16-18-14(20)12-8-21(6-7-22-12)11(4)15-17-13(10(2)3)19-23-15/h9-12H,5-8H2,1-4H3/t11-,12-/m1/s1. The summed E-state index contributed by atoms with van der Waals surface area (Å²) in [7, 11) is 0. The van der Waals surface area contributed by atoms with E-state index in [4.69, 9.17) is 9.26 Å². The van der Waals surface area contributed by atoms with Gasteiger partial charge in [-0.15, -0.1) is 10.2 Å². The highest BCUT2D eigenvalue weighted by molar-refractivity contribution is 4.99. The first kappa shape index (κ1) is 16.1. The van der Waals surface area contributed by atoms with Crippen LogP contribution in [0.1, 0.15) is 63.3 Å². The van der Waals surface area contributed by atoms with Crippen LogP contribution in [0, 0.1) is 0 Å². The van der Waals surface area contributed by atoms with Gasteiger partial charge in [-0.1, -0.05) is 19.0 Å². The van der Waals surface area contributed by atoms with Gasteiger partial charge in [0.05, 0.1) is 12.6 Å². The zero-order chi connectivity index (χ0) is 16.4. The lowest BCUT2D eigenvalue weighted by atomic mass is 10.2. The summed E-state index contributed by atoms with van der Waals surface area (Å²) in [5.41, 5.74) is 0. The van der Waals surface area contributed by atoms with Gasteiger partial charge in [-0.2, -0.15) is 4.98 Å². The molecule has 0 radical (unpaired) electrons. The highest BCUT2D eigenvalue weighted by Gasteiger charge is 2.31. The smallest absolute Gasteiger partial charge is 0.243 e. The van der Waals surface area contributed by atoms with Gasteiger partial charge in [0.15, 0.2) is 11.6 Å². The van der Waals surface area contributed by atoms with Gasteiger partial charge in [0, 0.05) is 25.6 Å². The van der Waals surface area contributed by atoms with Crippen molar-refractivity contribution in [3.05, 3.63) is 23.9 Å². The van der Waals surface area contributed by atoms with Gasteiger partial charge in [0.2, 0.25) is 5.89 Å². The molecule has 0 saturated carbocycles. The van der Waals surface area contributed by atoms with Crippen LogP contribution in [0.4, 0.5) is 0 Å². The zero-order valence-corrected chi connectivity index (χ0v) is 14.1. The van der Waals surface area contributed by atoms with Crippen molar-refractivity contribution in [3.63, 3.8) is 0 Å². The molecular weight excluding hydrogens is 296 g/mol. The van der Waals surface area contributed by atoms with E-state index in [9.17, 15) is 0 Å². The Hall–Kier alpha value is -1.80. The number of nitrogens with zero attached hydrogens (tertiary/aromatic N) is 6. The molecular formula is C15H24N6O2. The Morgan fingerprint density at radius 2 is 2.17 bits per heavy atom. The minimum Gasteiger partial charge on any atom is -0.368 e. The van der Waals surface area contributed by atoms with E-state index in [1.165, 1.54) is 0 Å². The summed E-state index contributed by atoms with van der Waals surface area (Å²) < 4.78 is 13.3. The highest BCUT2D eigenvalue weighted by Crippen LogP contribution is 2.27. The Labute approximate surface area is 135 Å². The summed E-state index contributed by atoms with van der Waals surface area (Å²) in [5.74, 6) is 2.55. The molecule has 23 heavy (non-hydrogen) atoms. The molecule has 2 aromatic heterocycles. The van der Waals surface area contributed by atoms with E-state index < -0.39 is 0 Å². The van der Waals surface area contributed by atoms with Crippen LogP contribution in [-0.2, 0) is 11.3 Å². The number of aromatic nitrogens is 5. The van der Waals surface area contributed by atoms with E-state index in [0.717, 1.165) is 31.3 Å². The lowest BCUT2D eigenvalue weighted by molar-refractivity contribution is -0.0523. The maximum Gasteiger partial charge on any atom is 0.243 e. The summed E-state index contributed by atoms with van der Waals surface area (Å²) in [6, 6.07) is 0.0550. The molecule has 1 aliphatic rings. The van der Waals surface area contributed by atoms with Crippen molar-refractivity contribution in [2.75, 3.05) is 19.7 Å². The van der Waals surface area contributed by atoms with Gasteiger partial charge in [0.25, 0.3) is 0 Å². The van der Waals surface area contributed by atoms with E-state index in [0.29, 0.717) is 12.5 Å². The van der Waals surface area contributed by atoms with Gasteiger partial charge >= 0.3 is 0 Å². The maximum atomic E-state index is 5.89. The lowest BCUT2D eigenvalue weighted by Gasteiger charge is -2.34. The maximum absolute atomic E-state index is 5.89. The fourth-order valence-corrected chi connectivity index (χ4v) is 2.74. The number of hydrogen-bond donors (Lipinski definition) is 0. The number of rotatable bonds is 5. The van der Waals surface area contributed by atoms with Crippen molar-refractivity contribution in [1.82, 2.24) is 29.8 Å².